The fourth-order valence-corrected chi connectivity index (χ4v) is 2.59. The van der Waals surface area contributed by atoms with Crippen molar-refractivity contribution in [2.45, 2.75) is 19.4 Å². The minimum absolute atomic E-state index is 0.446. The van der Waals surface area contributed by atoms with E-state index >= 15 is 0 Å². The lowest BCUT2D eigenvalue weighted by Gasteiger charge is -2.12. The van der Waals surface area contributed by atoms with Crippen LogP contribution in [-0.4, -0.2) is 19.9 Å². The van der Waals surface area contributed by atoms with E-state index in [1.807, 2.05) is 14.0 Å². The van der Waals surface area contributed by atoms with Crippen LogP contribution >= 0.6 is 27.5 Å². The van der Waals surface area contributed by atoms with Crippen molar-refractivity contribution in [2.75, 3.05) is 0 Å². The second-order valence-electron chi connectivity index (χ2n) is 4.09. The Balaban J connectivity index is 2.27. The van der Waals surface area contributed by atoms with E-state index in [4.69, 9.17) is 11.6 Å². The second-order valence-corrected chi connectivity index (χ2v) is 5.29. The van der Waals surface area contributed by atoms with Gasteiger partial charge < -0.3 is 5.11 Å². The molecule has 0 spiro atoms. The van der Waals surface area contributed by atoms with Crippen LogP contribution in [0.5, 0.6) is 0 Å². The summed E-state index contributed by atoms with van der Waals surface area (Å²) >= 11 is 9.49. The maximum absolute atomic E-state index is 10.2. The van der Waals surface area contributed by atoms with E-state index in [2.05, 4.69) is 26.0 Å². The minimum Gasteiger partial charge on any atom is -0.388 e. The van der Waals surface area contributed by atoms with E-state index in [1.165, 1.54) is 6.20 Å². The molecule has 2 aromatic heterocycles. The smallest absolute Gasteiger partial charge is 0.0861 e. The zero-order valence-electron chi connectivity index (χ0n) is 10.1. The summed E-state index contributed by atoms with van der Waals surface area (Å²) in [5.41, 5.74) is 2.52. The van der Waals surface area contributed by atoms with Crippen molar-refractivity contribution in [1.29, 1.82) is 0 Å². The molecule has 0 saturated heterocycles. The summed E-state index contributed by atoms with van der Waals surface area (Å²) in [5.74, 6) is 0. The van der Waals surface area contributed by atoms with Crippen LogP contribution in [0.4, 0.5) is 0 Å². The molecule has 1 unspecified atom stereocenters. The molecule has 96 valence electrons. The fraction of sp³-hybridized carbons (Fsp3) is 0.333. The van der Waals surface area contributed by atoms with Gasteiger partial charge in [0.05, 0.1) is 27.0 Å². The van der Waals surface area contributed by atoms with E-state index < -0.39 is 6.10 Å². The summed E-state index contributed by atoms with van der Waals surface area (Å²) in [5, 5.41) is 15.0. The normalized spacial score (nSPS) is 12.7. The first-order chi connectivity index (χ1) is 8.50. The summed E-state index contributed by atoms with van der Waals surface area (Å²) < 4.78 is 2.69. The molecule has 1 N–H and O–H groups in total. The molecule has 6 heteroatoms. The van der Waals surface area contributed by atoms with Crippen LogP contribution < -0.4 is 0 Å². The van der Waals surface area contributed by atoms with Gasteiger partial charge in [-0.15, -0.1) is 0 Å². The van der Waals surface area contributed by atoms with Crippen molar-refractivity contribution >= 4 is 27.5 Å². The van der Waals surface area contributed by atoms with Crippen LogP contribution in [0.1, 0.15) is 23.1 Å². The monoisotopic (exact) mass is 329 g/mol. The van der Waals surface area contributed by atoms with Crippen LogP contribution in [0.15, 0.2) is 22.9 Å². The SMILES string of the molecule is Cc1nn(C)c(CC(O)c2ccncc2Cl)c1Br. The summed E-state index contributed by atoms with van der Waals surface area (Å²) in [7, 11) is 1.86. The molecule has 0 saturated carbocycles. The van der Waals surface area contributed by atoms with E-state index in [-0.39, 0.29) is 0 Å². The van der Waals surface area contributed by atoms with Crippen LogP contribution in [0.2, 0.25) is 5.02 Å². The highest BCUT2D eigenvalue weighted by Gasteiger charge is 2.18. The summed E-state index contributed by atoms with van der Waals surface area (Å²) in [6, 6.07) is 1.73. The third kappa shape index (κ3) is 2.58. The Morgan fingerprint density at radius 2 is 2.28 bits per heavy atom. The van der Waals surface area contributed by atoms with Gasteiger partial charge in [-0.1, -0.05) is 11.6 Å². The van der Waals surface area contributed by atoms with Crippen molar-refractivity contribution in [1.82, 2.24) is 14.8 Å². The predicted octanol–water partition coefficient (Wildman–Crippen LogP) is 2.82. The van der Waals surface area contributed by atoms with Gasteiger partial charge in [0.1, 0.15) is 0 Å². The first-order valence-corrected chi connectivity index (χ1v) is 6.63. The molecule has 0 bridgehead atoms. The summed E-state index contributed by atoms with van der Waals surface area (Å²) in [6.07, 6.45) is 2.92. The Hall–Kier alpha value is -0.910. The second kappa shape index (κ2) is 5.38. The number of nitrogens with zero attached hydrogens (tertiary/aromatic N) is 3. The highest BCUT2D eigenvalue weighted by molar-refractivity contribution is 9.10. The Morgan fingerprint density at radius 1 is 1.56 bits per heavy atom. The van der Waals surface area contributed by atoms with Crippen LogP contribution in [0.25, 0.3) is 0 Å². The predicted molar refractivity (Wildman–Crippen MR) is 73.6 cm³/mol. The van der Waals surface area contributed by atoms with Crippen LogP contribution in [0, 0.1) is 6.92 Å². The number of halogens is 2. The van der Waals surface area contributed by atoms with Crippen molar-refractivity contribution in [3.63, 3.8) is 0 Å². The van der Waals surface area contributed by atoms with Gasteiger partial charge in [0.2, 0.25) is 0 Å². The third-order valence-corrected chi connectivity index (χ3v) is 4.16. The molecule has 2 heterocycles. The van der Waals surface area contributed by atoms with Gasteiger partial charge in [-0.2, -0.15) is 5.10 Å². The number of pyridine rings is 1. The van der Waals surface area contributed by atoms with Gasteiger partial charge in [0.25, 0.3) is 0 Å². The number of hydrogen-bond acceptors (Lipinski definition) is 3. The lowest BCUT2D eigenvalue weighted by atomic mass is 10.1. The van der Waals surface area contributed by atoms with E-state index in [0.29, 0.717) is 17.0 Å². The first-order valence-electron chi connectivity index (χ1n) is 5.46. The molecule has 2 aromatic rings. The van der Waals surface area contributed by atoms with Crippen molar-refractivity contribution in [2.24, 2.45) is 7.05 Å². The molecule has 1 atom stereocenters. The van der Waals surface area contributed by atoms with Crippen molar-refractivity contribution < 1.29 is 5.11 Å². The zero-order chi connectivity index (χ0) is 13.3. The minimum atomic E-state index is -0.674. The molecule has 0 fully saturated rings. The molecule has 18 heavy (non-hydrogen) atoms. The largest absolute Gasteiger partial charge is 0.388 e. The Morgan fingerprint density at radius 3 is 2.83 bits per heavy atom. The molecule has 4 nitrogen and oxygen atoms in total. The van der Waals surface area contributed by atoms with Gasteiger partial charge in [-0.05, 0) is 28.9 Å². The average Bonchev–Trinajstić information content (AvgIpc) is 2.56. The number of aliphatic hydroxyl groups excluding tert-OH is 1. The van der Waals surface area contributed by atoms with Gasteiger partial charge in [-0.3, -0.25) is 9.67 Å². The average molecular weight is 331 g/mol. The summed E-state index contributed by atoms with van der Waals surface area (Å²) in [4.78, 5) is 3.90. The molecule has 2 rings (SSSR count). The molecule has 0 aromatic carbocycles. The number of aryl methyl sites for hydroxylation is 2. The Labute approximate surface area is 119 Å². The highest BCUT2D eigenvalue weighted by atomic mass is 79.9. The lowest BCUT2D eigenvalue weighted by Crippen LogP contribution is -2.07. The van der Waals surface area contributed by atoms with E-state index in [9.17, 15) is 5.11 Å². The van der Waals surface area contributed by atoms with E-state index in [0.717, 1.165) is 15.9 Å². The Bertz CT molecular complexity index is 570. The van der Waals surface area contributed by atoms with Gasteiger partial charge in [0, 0.05) is 31.4 Å². The van der Waals surface area contributed by atoms with Gasteiger partial charge in [-0.25, -0.2) is 0 Å². The maximum Gasteiger partial charge on any atom is 0.0861 e. The third-order valence-electron chi connectivity index (χ3n) is 2.81. The van der Waals surface area contributed by atoms with Crippen LogP contribution in [-0.2, 0) is 13.5 Å². The number of aromatic nitrogens is 3. The molecular weight excluding hydrogens is 318 g/mol. The van der Waals surface area contributed by atoms with E-state index in [1.54, 1.807) is 16.9 Å². The summed E-state index contributed by atoms with van der Waals surface area (Å²) in [6.45, 7) is 1.92. The van der Waals surface area contributed by atoms with Crippen molar-refractivity contribution in [3.05, 3.63) is 44.9 Å². The topological polar surface area (TPSA) is 50.9 Å². The zero-order valence-corrected chi connectivity index (χ0v) is 12.4. The number of hydrogen-bond donors (Lipinski definition) is 1. The van der Waals surface area contributed by atoms with Gasteiger partial charge in [0.15, 0.2) is 0 Å². The Kier molecular flexibility index (Phi) is 4.04. The van der Waals surface area contributed by atoms with Crippen LogP contribution in [0.3, 0.4) is 0 Å². The molecule has 0 aliphatic carbocycles. The molecule has 0 aliphatic heterocycles. The lowest BCUT2D eigenvalue weighted by molar-refractivity contribution is 0.175. The number of aliphatic hydroxyl groups is 1. The molecule has 0 aliphatic rings. The fourth-order valence-electron chi connectivity index (χ4n) is 1.85. The van der Waals surface area contributed by atoms with Crippen molar-refractivity contribution in [3.8, 4) is 0 Å². The van der Waals surface area contributed by atoms with Gasteiger partial charge >= 0.3 is 0 Å². The highest BCUT2D eigenvalue weighted by Crippen LogP contribution is 2.28. The first kappa shape index (κ1) is 13.5. The number of rotatable bonds is 3. The molecular formula is C12H13BrClN3O. The quantitative estimate of drug-likeness (QED) is 0.941. The maximum atomic E-state index is 10.2. The molecule has 0 radical (unpaired) electrons. The molecule has 0 amide bonds. The standard InChI is InChI=1S/C12H13BrClN3O/c1-7-12(13)10(17(2)16-7)5-11(18)8-3-4-15-6-9(8)14/h3-4,6,11,18H,5H2,1-2H3.